The Balaban J connectivity index is 1.77. The second kappa shape index (κ2) is 6.64. The summed E-state index contributed by atoms with van der Waals surface area (Å²) < 4.78 is 10.8. The highest BCUT2D eigenvalue weighted by molar-refractivity contribution is 6.38. The maximum atomic E-state index is 12.1. The fraction of sp³-hybridized carbons (Fsp3) is 0.357. The molecule has 1 aliphatic heterocycles. The summed E-state index contributed by atoms with van der Waals surface area (Å²) in [5.41, 5.74) is 0.537. The smallest absolute Gasteiger partial charge is 0.260 e. The Hall–Kier alpha value is -1.63. The molecule has 0 aliphatic carbocycles. The van der Waals surface area contributed by atoms with Crippen molar-refractivity contribution in [1.82, 2.24) is 14.9 Å². The van der Waals surface area contributed by atoms with E-state index in [1.54, 1.807) is 17.0 Å². The first-order valence-electron chi connectivity index (χ1n) is 6.73. The van der Waals surface area contributed by atoms with E-state index in [4.69, 9.17) is 32.7 Å². The normalized spacial score (nSPS) is 15.1. The van der Waals surface area contributed by atoms with E-state index in [1.165, 1.54) is 6.33 Å². The van der Waals surface area contributed by atoms with E-state index in [1.807, 2.05) is 0 Å². The van der Waals surface area contributed by atoms with Gasteiger partial charge in [0.25, 0.3) is 5.91 Å². The molecular formula is C14H13Cl2N3O3. The predicted octanol–water partition coefficient (Wildman–Crippen LogP) is 2.17. The van der Waals surface area contributed by atoms with Crippen LogP contribution in [0.3, 0.4) is 0 Å². The molecule has 2 aromatic rings. The van der Waals surface area contributed by atoms with Crippen LogP contribution in [0.5, 0.6) is 5.88 Å². The maximum Gasteiger partial charge on any atom is 0.260 e. The van der Waals surface area contributed by atoms with Gasteiger partial charge < -0.3 is 14.4 Å². The van der Waals surface area contributed by atoms with E-state index in [-0.39, 0.29) is 18.4 Å². The molecule has 0 bridgehead atoms. The fourth-order valence-corrected chi connectivity index (χ4v) is 2.76. The van der Waals surface area contributed by atoms with Crippen molar-refractivity contribution in [2.45, 2.75) is 0 Å². The number of rotatable bonds is 3. The van der Waals surface area contributed by atoms with E-state index >= 15 is 0 Å². The van der Waals surface area contributed by atoms with E-state index in [0.717, 1.165) is 0 Å². The van der Waals surface area contributed by atoms with Gasteiger partial charge in [0.15, 0.2) is 6.61 Å². The average molecular weight is 342 g/mol. The largest absolute Gasteiger partial charge is 0.467 e. The summed E-state index contributed by atoms with van der Waals surface area (Å²) in [6, 6.07) is 3.26. The molecule has 0 atom stereocenters. The SMILES string of the molecule is O=C(COc1ncnc2c(Cl)cc(Cl)cc12)N1CCOCC1. The van der Waals surface area contributed by atoms with E-state index in [9.17, 15) is 4.79 Å². The van der Waals surface area contributed by atoms with Crippen molar-refractivity contribution in [3.63, 3.8) is 0 Å². The van der Waals surface area contributed by atoms with Crippen LogP contribution < -0.4 is 4.74 Å². The topological polar surface area (TPSA) is 64.5 Å². The molecule has 1 aliphatic rings. The molecule has 8 heteroatoms. The van der Waals surface area contributed by atoms with Gasteiger partial charge in [-0.1, -0.05) is 23.2 Å². The number of fused-ring (bicyclic) bond motifs is 1. The van der Waals surface area contributed by atoms with Crippen molar-refractivity contribution in [2.75, 3.05) is 32.9 Å². The van der Waals surface area contributed by atoms with Gasteiger partial charge >= 0.3 is 0 Å². The third kappa shape index (κ3) is 3.24. The van der Waals surface area contributed by atoms with Crippen molar-refractivity contribution in [1.29, 1.82) is 0 Å². The molecule has 3 rings (SSSR count). The molecule has 1 aromatic heterocycles. The number of amides is 1. The lowest BCUT2D eigenvalue weighted by molar-refractivity contribution is -0.137. The summed E-state index contributed by atoms with van der Waals surface area (Å²) in [5.74, 6) is 0.180. The summed E-state index contributed by atoms with van der Waals surface area (Å²) in [4.78, 5) is 22.0. The zero-order valence-electron chi connectivity index (χ0n) is 11.6. The van der Waals surface area contributed by atoms with Gasteiger partial charge in [0.1, 0.15) is 6.33 Å². The molecular weight excluding hydrogens is 329 g/mol. The molecule has 0 N–H and O–H groups in total. The van der Waals surface area contributed by atoms with Gasteiger partial charge in [-0.05, 0) is 12.1 Å². The molecule has 0 radical (unpaired) electrons. The number of nitrogens with zero attached hydrogens (tertiary/aromatic N) is 3. The second-order valence-electron chi connectivity index (χ2n) is 4.74. The van der Waals surface area contributed by atoms with Crippen molar-refractivity contribution in [2.24, 2.45) is 0 Å². The molecule has 1 fully saturated rings. The highest BCUT2D eigenvalue weighted by Gasteiger charge is 2.18. The Morgan fingerprint density at radius 1 is 1.27 bits per heavy atom. The lowest BCUT2D eigenvalue weighted by Gasteiger charge is -2.26. The first-order chi connectivity index (χ1) is 10.6. The third-order valence-corrected chi connectivity index (χ3v) is 3.82. The molecule has 116 valence electrons. The number of ether oxygens (including phenoxy) is 2. The number of carbonyl (C=O) groups is 1. The summed E-state index contributed by atoms with van der Waals surface area (Å²) in [6.45, 7) is 2.14. The van der Waals surface area contributed by atoms with Crippen molar-refractivity contribution in [3.8, 4) is 5.88 Å². The summed E-state index contributed by atoms with van der Waals surface area (Å²) in [7, 11) is 0. The number of morpholine rings is 1. The van der Waals surface area contributed by atoms with Crippen molar-refractivity contribution in [3.05, 3.63) is 28.5 Å². The molecule has 6 nitrogen and oxygen atoms in total. The highest BCUT2D eigenvalue weighted by atomic mass is 35.5. The van der Waals surface area contributed by atoms with Crippen LogP contribution >= 0.6 is 23.2 Å². The third-order valence-electron chi connectivity index (χ3n) is 3.32. The number of hydrogen-bond acceptors (Lipinski definition) is 5. The van der Waals surface area contributed by atoms with E-state index in [2.05, 4.69) is 9.97 Å². The highest BCUT2D eigenvalue weighted by Crippen LogP contribution is 2.30. The quantitative estimate of drug-likeness (QED) is 0.855. The summed E-state index contributed by atoms with van der Waals surface area (Å²) in [5, 5.41) is 1.45. The van der Waals surface area contributed by atoms with E-state index < -0.39 is 0 Å². The number of hydrogen-bond donors (Lipinski definition) is 0. The van der Waals surface area contributed by atoms with Gasteiger partial charge in [-0.25, -0.2) is 9.97 Å². The predicted molar refractivity (Wildman–Crippen MR) is 82.5 cm³/mol. The van der Waals surface area contributed by atoms with Crippen LogP contribution in [-0.2, 0) is 9.53 Å². The maximum absolute atomic E-state index is 12.1. The van der Waals surface area contributed by atoms with Crippen molar-refractivity contribution < 1.29 is 14.3 Å². The van der Waals surface area contributed by atoms with Gasteiger partial charge in [0, 0.05) is 18.1 Å². The minimum absolute atomic E-state index is 0.101. The van der Waals surface area contributed by atoms with Gasteiger partial charge in [0.2, 0.25) is 5.88 Å². The summed E-state index contributed by atoms with van der Waals surface area (Å²) >= 11 is 12.1. The minimum atomic E-state index is -0.108. The van der Waals surface area contributed by atoms with Crippen LogP contribution in [0.25, 0.3) is 10.9 Å². The first-order valence-corrected chi connectivity index (χ1v) is 7.49. The molecule has 0 spiro atoms. The van der Waals surface area contributed by atoms with Gasteiger partial charge in [0.05, 0.1) is 29.1 Å². The second-order valence-corrected chi connectivity index (χ2v) is 5.59. The standard InChI is InChI=1S/C14H13Cl2N3O3/c15-9-5-10-13(11(16)6-9)17-8-18-14(10)22-7-12(20)19-1-3-21-4-2-19/h5-6,8H,1-4,7H2. The van der Waals surface area contributed by atoms with Gasteiger partial charge in [-0.3, -0.25) is 4.79 Å². The molecule has 2 heterocycles. The number of benzene rings is 1. The molecule has 1 aromatic carbocycles. The Kier molecular flexibility index (Phi) is 4.61. The fourth-order valence-electron chi connectivity index (χ4n) is 2.22. The molecule has 1 saturated heterocycles. The minimum Gasteiger partial charge on any atom is -0.467 e. The Morgan fingerprint density at radius 3 is 2.82 bits per heavy atom. The zero-order chi connectivity index (χ0) is 15.5. The van der Waals surface area contributed by atoms with E-state index in [0.29, 0.717) is 47.3 Å². The van der Waals surface area contributed by atoms with Crippen LogP contribution in [0.1, 0.15) is 0 Å². The lowest BCUT2D eigenvalue weighted by Crippen LogP contribution is -2.43. The molecule has 1 amide bonds. The number of halogens is 2. The van der Waals surface area contributed by atoms with Crippen LogP contribution in [0, 0.1) is 0 Å². The van der Waals surface area contributed by atoms with Crippen LogP contribution in [0.2, 0.25) is 10.0 Å². The first kappa shape index (κ1) is 15.3. The van der Waals surface area contributed by atoms with Crippen LogP contribution in [0.15, 0.2) is 18.5 Å². The monoisotopic (exact) mass is 341 g/mol. The van der Waals surface area contributed by atoms with Crippen LogP contribution in [-0.4, -0.2) is 53.7 Å². The molecule has 0 unspecified atom stereocenters. The summed E-state index contributed by atoms with van der Waals surface area (Å²) in [6.07, 6.45) is 1.34. The number of carbonyl (C=O) groups excluding carboxylic acids is 1. The van der Waals surface area contributed by atoms with Crippen molar-refractivity contribution >= 4 is 40.0 Å². The lowest BCUT2D eigenvalue weighted by atomic mass is 10.2. The molecule has 0 saturated carbocycles. The Morgan fingerprint density at radius 2 is 2.05 bits per heavy atom. The van der Waals surface area contributed by atoms with Gasteiger partial charge in [-0.2, -0.15) is 0 Å². The molecule has 22 heavy (non-hydrogen) atoms. The average Bonchev–Trinajstić information content (AvgIpc) is 2.53. The van der Waals surface area contributed by atoms with Crippen LogP contribution in [0.4, 0.5) is 0 Å². The Bertz CT molecular complexity index is 705. The Labute approximate surface area is 136 Å². The zero-order valence-corrected chi connectivity index (χ0v) is 13.1. The van der Waals surface area contributed by atoms with Gasteiger partial charge in [-0.15, -0.1) is 0 Å². The number of aromatic nitrogens is 2.